The molecule has 0 radical (unpaired) electrons. The van der Waals surface area contributed by atoms with Crippen LogP contribution < -0.4 is 5.32 Å². The minimum Gasteiger partial charge on any atom is -0.305 e. The fourth-order valence-corrected chi connectivity index (χ4v) is 2.04. The fourth-order valence-electron chi connectivity index (χ4n) is 2.04. The lowest BCUT2D eigenvalue weighted by Gasteiger charge is -2.19. The van der Waals surface area contributed by atoms with Gasteiger partial charge in [-0.2, -0.15) is 5.10 Å². The molecule has 0 aliphatic carbocycles. The molecule has 1 heterocycles. The maximum atomic E-state index is 4.50. The van der Waals surface area contributed by atoms with E-state index in [1.807, 2.05) is 11.0 Å². The Kier molecular flexibility index (Phi) is 5.32. The van der Waals surface area contributed by atoms with Gasteiger partial charge in [0, 0.05) is 12.1 Å². The number of rotatable bonds is 6. The number of nitrogens with zero attached hydrogens (tertiary/aromatic N) is 3. The Morgan fingerprint density at radius 1 is 1.28 bits per heavy atom. The lowest BCUT2D eigenvalue weighted by atomic mass is 9.99. The molecule has 0 saturated heterocycles. The van der Waals surface area contributed by atoms with Crippen LogP contribution in [0.1, 0.15) is 53.8 Å². The van der Waals surface area contributed by atoms with Crippen LogP contribution in [0.25, 0.3) is 0 Å². The van der Waals surface area contributed by atoms with Crippen LogP contribution in [0.3, 0.4) is 0 Å². The van der Waals surface area contributed by atoms with E-state index in [0.717, 1.165) is 24.8 Å². The molecule has 1 N–H and O–H groups in total. The molecule has 18 heavy (non-hydrogen) atoms. The van der Waals surface area contributed by atoms with Crippen molar-refractivity contribution in [2.24, 2.45) is 11.8 Å². The first kappa shape index (κ1) is 15.2. The summed E-state index contributed by atoms with van der Waals surface area (Å²) in [6, 6.07) is 0. The average molecular weight is 252 g/mol. The molecule has 0 aromatic carbocycles. The van der Waals surface area contributed by atoms with Crippen LogP contribution in [0.15, 0.2) is 6.33 Å². The quantitative estimate of drug-likeness (QED) is 0.846. The molecule has 1 unspecified atom stereocenters. The van der Waals surface area contributed by atoms with E-state index in [9.17, 15) is 0 Å². The topological polar surface area (TPSA) is 42.7 Å². The second-order valence-corrected chi connectivity index (χ2v) is 6.72. The van der Waals surface area contributed by atoms with Crippen LogP contribution in [-0.2, 0) is 13.1 Å². The summed E-state index contributed by atoms with van der Waals surface area (Å²) in [6.45, 7) is 14.9. The first-order valence-corrected chi connectivity index (χ1v) is 6.89. The summed E-state index contributed by atoms with van der Waals surface area (Å²) in [4.78, 5) is 4.34. The predicted octanol–water partition coefficient (Wildman–Crippen LogP) is 2.85. The first-order chi connectivity index (χ1) is 8.26. The molecular formula is C14H28N4. The van der Waals surface area contributed by atoms with Gasteiger partial charge in [-0.05, 0) is 39.0 Å². The minimum absolute atomic E-state index is 0.108. The third-order valence-corrected chi connectivity index (χ3v) is 2.73. The molecule has 0 spiro atoms. The van der Waals surface area contributed by atoms with Crippen LogP contribution in [0, 0.1) is 11.8 Å². The highest BCUT2D eigenvalue weighted by Gasteiger charge is 2.11. The lowest BCUT2D eigenvalue weighted by molar-refractivity contribution is 0.369. The van der Waals surface area contributed by atoms with Crippen LogP contribution in [-0.4, -0.2) is 20.3 Å². The Balaban J connectivity index is 2.43. The summed E-state index contributed by atoms with van der Waals surface area (Å²) in [5.41, 5.74) is 0.108. The number of hydrogen-bond donors (Lipinski definition) is 1. The van der Waals surface area contributed by atoms with E-state index in [1.165, 1.54) is 6.42 Å². The van der Waals surface area contributed by atoms with Gasteiger partial charge in [0.2, 0.25) is 0 Å². The zero-order valence-electron chi connectivity index (χ0n) is 12.7. The average Bonchev–Trinajstić information content (AvgIpc) is 2.60. The van der Waals surface area contributed by atoms with E-state index in [1.54, 1.807) is 0 Å². The molecular weight excluding hydrogens is 224 g/mol. The van der Waals surface area contributed by atoms with Crippen molar-refractivity contribution in [3.05, 3.63) is 12.2 Å². The van der Waals surface area contributed by atoms with E-state index in [2.05, 4.69) is 56.9 Å². The lowest BCUT2D eigenvalue weighted by Crippen LogP contribution is -2.35. The smallest absolute Gasteiger partial charge is 0.164 e. The van der Waals surface area contributed by atoms with Gasteiger partial charge in [-0.3, -0.25) is 4.68 Å². The van der Waals surface area contributed by atoms with Crippen LogP contribution in [0.2, 0.25) is 0 Å². The highest BCUT2D eigenvalue weighted by Crippen LogP contribution is 2.12. The van der Waals surface area contributed by atoms with Crippen LogP contribution in [0.4, 0.5) is 0 Å². The molecule has 0 amide bonds. The molecule has 0 aliphatic rings. The fraction of sp³-hybridized carbons (Fsp3) is 0.857. The minimum atomic E-state index is 0.108. The van der Waals surface area contributed by atoms with Gasteiger partial charge in [-0.25, -0.2) is 4.98 Å². The van der Waals surface area contributed by atoms with E-state index in [4.69, 9.17) is 0 Å². The molecule has 0 saturated carbocycles. The van der Waals surface area contributed by atoms with Gasteiger partial charge in [-0.1, -0.05) is 20.8 Å². The zero-order chi connectivity index (χ0) is 13.8. The number of aromatic nitrogens is 3. The Bertz CT molecular complexity index is 349. The molecule has 4 heteroatoms. The van der Waals surface area contributed by atoms with Gasteiger partial charge in [0.25, 0.3) is 0 Å². The summed E-state index contributed by atoms with van der Waals surface area (Å²) in [5, 5.41) is 7.90. The van der Waals surface area contributed by atoms with Gasteiger partial charge in [0.05, 0.1) is 6.54 Å². The summed E-state index contributed by atoms with van der Waals surface area (Å²) in [6.07, 6.45) is 3.08. The molecule has 1 atom stereocenters. The number of hydrogen-bond acceptors (Lipinski definition) is 3. The van der Waals surface area contributed by atoms with Crippen molar-refractivity contribution in [1.29, 1.82) is 0 Å². The Morgan fingerprint density at radius 2 is 1.94 bits per heavy atom. The van der Waals surface area contributed by atoms with Crippen molar-refractivity contribution in [3.8, 4) is 0 Å². The molecule has 0 aliphatic heterocycles. The van der Waals surface area contributed by atoms with E-state index < -0.39 is 0 Å². The molecule has 4 nitrogen and oxygen atoms in total. The van der Waals surface area contributed by atoms with Gasteiger partial charge in [0.1, 0.15) is 6.33 Å². The summed E-state index contributed by atoms with van der Waals surface area (Å²) >= 11 is 0. The van der Waals surface area contributed by atoms with Crippen molar-refractivity contribution in [3.63, 3.8) is 0 Å². The number of nitrogens with one attached hydrogen (secondary N) is 1. The Morgan fingerprint density at radius 3 is 2.50 bits per heavy atom. The monoisotopic (exact) mass is 252 g/mol. The second kappa shape index (κ2) is 6.32. The summed E-state index contributed by atoms with van der Waals surface area (Å²) < 4.78 is 1.96. The van der Waals surface area contributed by atoms with E-state index in [-0.39, 0.29) is 5.54 Å². The van der Waals surface area contributed by atoms with E-state index >= 15 is 0 Å². The molecule has 1 aromatic rings. The van der Waals surface area contributed by atoms with Crippen LogP contribution >= 0.6 is 0 Å². The van der Waals surface area contributed by atoms with Gasteiger partial charge in [-0.15, -0.1) is 0 Å². The maximum Gasteiger partial charge on any atom is 0.164 e. The van der Waals surface area contributed by atoms with Crippen molar-refractivity contribution in [2.45, 2.75) is 66.6 Å². The van der Waals surface area contributed by atoms with Crippen LogP contribution in [0.5, 0.6) is 0 Å². The molecule has 104 valence electrons. The third kappa shape index (κ3) is 6.15. The summed E-state index contributed by atoms with van der Waals surface area (Å²) in [5.74, 6) is 2.27. The highest BCUT2D eigenvalue weighted by molar-refractivity contribution is 4.84. The zero-order valence-corrected chi connectivity index (χ0v) is 12.7. The van der Waals surface area contributed by atoms with Gasteiger partial charge in [0.15, 0.2) is 5.82 Å². The second-order valence-electron chi connectivity index (χ2n) is 6.72. The third-order valence-electron chi connectivity index (χ3n) is 2.73. The SMILES string of the molecule is CC(C)CC(C)Cn1cnc(CNC(C)(C)C)n1. The first-order valence-electron chi connectivity index (χ1n) is 6.89. The Labute approximate surface area is 111 Å². The van der Waals surface area contributed by atoms with Gasteiger partial charge < -0.3 is 5.32 Å². The Hall–Kier alpha value is -0.900. The van der Waals surface area contributed by atoms with Crippen molar-refractivity contribution in [2.75, 3.05) is 0 Å². The normalized spacial score (nSPS) is 14.2. The standard InChI is InChI=1S/C14H28N4/c1-11(2)7-12(3)9-18-10-15-13(17-18)8-16-14(4,5)6/h10-12,16H,7-9H2,1-6H3. The predicted molar refractivity (Wildman–Crippen MR) is 75.2 cm³/mol. The van der Waals surface area contributed by atoms with Gasteiger partial charge >= 0.3 is 0 Å². The molecule has 1 aromatic heterocycles. The molecule has 0 fully saturated rings. The van der Waals surface area contributed by atoms with E-state index in [0.29, 0.717) is 5.92 Å². The molecule has 1 rings (SSSR count). The largest absolute Gasteiger partial charge is 0.305 e. The van der Waals surface area contributed by atoms with Crippen molar-refractivity contribution < 1.29 is 0 Å². The molecule has 0 bridgehead atoms. The highest BCUT2D eigenvalue weighted by atomic mass is 15.3. The maximum absolute atomic E-state index is 4.50. The summed E-state index contributed by atoms with van der Waals surface area (Å²) in [7, 11) is 0. The van der Waals surface area contributed by atoms with Crippen molar-refractivity contribution >= 4 is 0 Å². The van der Waals surface area contributed by atoms with Crippen molar-refractivity contribution in [1.82, 2.24) is 20.1 Å².